The van der Waals surface area contributed by atoms with Crippen LogP contribution in [0.2, 0.25) is 10.0 Å². The summed E-state index contributed by atoms with van der Waals surface area (Å²) < 4.78 is 6.00. The van der Waals surface area contributed by atoms with Gasteiger partial charge in [0, 0.05) is 11.5 Å². The Bertz CT molecular complexity index is 1200. The van der Waals surface area contributed by atoms with E-state index in [9.17, 15) is 9.59 Å². The summed E-state index contributed by atoms with van der Waals surface area (Å²) in [5.41, 5.74) is 4.43. The summed E-state index contributed by atoms with van der Waals surface area (Å²) in [6, 6.07) is 16.4. The number of carboxylic acid groups (broad SMARTS) is 1. The standard InChI is InChI=1S/C26H22Cl2O4/c1-14(2)20-11-19-12-21(23(27)24(28)22(19)25(20)29)32-13-15-4-3-5-18(10-15)16-6-8-17(9-7-16)26(30)31/h3-10,12,14,20H,11,13H2,1-2H3,(H,30,31). The Labute approximate surface area is 196 Å². The Kier molecular flexibility index (Phi) is 6.27. The van der Waals surface area contributed by atoms with Gasteiger partial charge in [-0.25, -0.2) is 4.79 Å². The van der Waals surface area contributed by atoms with E-state index in [0.29, 0.717) is 17.7 Å². The van der Waals surface area contributed by atoms with E-state index in [4.69, 9.17) is 33.0 Å². The molecule has 0 radical (unpaired) electrons. The smallest absolute Gasteiger partial charge is 0.335 e. The van der Waals surface area contributed by atoms with E-state index in [1.54, 1.807) is 24.3 Å². The molecule has 4 nitrogen and oxygen atoms in total. The van der Waals surface area contributed by atoms with Gasteiger partial charge in [0.2, 0.25) is 0 Å². The maximum atomic E-state index is 12.7. The molecule has 0 aliphatic heterocycles. The Morgan fingerprint density at radius 2 is 1.78 bits per heavy atom. The molecule has 1 aliphatic carbocycles. The van der Waals surface area contributed by atoms with Gasteiger partial charge in [0.1, 0.15) is 17.4 Å². The fourth-order valence-electron chi connectivity index (χ4n) is 4.05. The lowest BCUT2D eigenvalue weighted by Gasteiger charge is -2.13. The minimum atomic E-state index is -0.954. The monoisotopic (exact) mass is 468 g/mol. The third-order valence-corrected chi connectivity index (χ3v) is 6.72. The van der Waals surface area contributed by atoms with Crippen LogP contribution in [-0.2, 0) is 13.0 Å². The average Bonchev–Trinajstić information content (AvgIpc) is 3.12. The number of carbonyl (C=O) groups excluding carboxylic acids is 1. The SMILES string of the molecule is CC(C)C1Cc2cc(OCc3cccc(-c4ccc(C(=O)O)cc4)c3)c(Cl)c(Cl)c2C1=O. The van der Waals surface area contributed by atoms with Crippen LogP contribution < -0.4 is 4.74 Å². The third kappa shape index (κ3) is 4.25. The summed E-state index contributed by atoms with van der Waals surface area (Å²) in [6.45, 7) is 4.34. The van der Waals surface area contributed by atoms with Crippen molar-refractivity contribution in [2.24, 2.45) is 11.8 Å². The number of carbonyl (C=O) groups is 2. The van der Waals surface area contributed by atoms with Gasteiger partial charge >= 0.3 is 5.97 Å². The number of benzene rings is 3. The Morgan fingerprint density at radius 3 is 2.44 bits per heavy atom. The van der Waals surface area contributed by atoms with Crippen molar-refractivity contribution in [3.8, 4) is 16.9 Å². The minimum Gasteiger partial charge on any atom is -0.487 e. The molecule has 0 fully saturated rings. The molecule has 0 aromatic heterocycles. The number of hydrogen-bond acceptors (Lipinski definition) is 3. The molecule has 3 aromatic carbocycles. The predicted octanol–water partition coefficient (Wildman–Crippen LogP) is 6.95. The quantitative estimate of drug-likeness (QED) is 0.424. The zero-order valence-electron chi connectivity index (χ0n) is 17.7. The molecule has 164 valence electrons. The van der Waals surface area contributed by atoms with Crippen LogP contribution in [0.15, 0.2) is 54.6 Å². The largest absolute Gasteiger partial charge is 0.487 e. The topological polar surface area (TPSA) is 63.6 Å². The predicted molar refractivity (Wildman–Crippen MR) is 126 cm³/mol. The van der Waals surface area contributed by atoms with Crippen LogP contribution in [0, 0.1) is 11.8 Å². The van der Waals surface area contributed by atoms with Gasteiger partial charge in [-0.2, -0.15) is 0 Å². The molecule has 1 unspecified atom stereocenters. The number of carboxylic acids is 1. The van der Waals surface area contributed by atoms with Crippen LogP contribution in [0.25, 0.3) is 11.1 Å². The molecule has 0 amide bonds. The van der Waals surface area contributed by atoms with Gasteiger partial charge in [0.05, 0.1) is 10.6 Å². The van der Waals surface area contributed by atoms with Gasteiger partial charge in [0.25, 0.3) is 0 Å². The molecular weight excluding hydrogens is 447 g/mol. The summed E-state index contributed by atoms with van der Waals surface area (Å²) in [5, 5.41) is 9.59. The molecule has 0 heterocycles. The molecule has 32 heavy (non-hydrogen) atoms. The second-order valence-corrected chi connectivity index (χ2v) is 9.08. The molecular formula is C26H22Cl2O4. The van der Waals surface area contributed by atoms with Crippen molar-refractivity contribution >= 4 is 35.0 Å². The van der Waals surface area contributed by atoms with E-state index < -0.39 is 5.97 Å². The van der Waals surface area contributed by atoms with E-state index in [0.717, 1.165) is 22.3 Å². The highest BCUT2D eigenvalue weighted by atomic mass is 35.5. The molecule has 0 spiro atoms. The number of aromatic carboxylic acids is 1. The van der Waals surface area contributed by atoms with Crippen LogP contribution in [0.5, 0.6) is 5.75 Å². The molecule has 1 N–H and O–H groups in total. The fraction of sp³-hybridized carbons (Fsp3) is 0.231. The van der Waals surface area contributed by atoms with Crippen molar-refractivity contribution < 1.29 is 19.4 Å². The average molecular weight is 469 g/mol. The van der Waals surface area contributed by atoms with Crippen molar-refractivity contribution in [1.82, 2.24) is 0 Å². The number of ketones is 1. The van der Waals surface area contributed by atoms with Crippen LogP contribution in [0.3, 0.4) is 0 Å². The Balaban J connectivity index is 1.54. The second-order valence-electron chi connectivity index (χ2n) is 8.33. The van der Waals surface area contributed by atoms with Gasteiger partial charge in [-0.1, -0.05) is 67.4 Å². The number of Topliss-reactive ketones (excluding diaryl/α,β-unsaturated/α-hetero) is 1. The number of hydrogen-bond donors (Lipinski definition) is 1. The summed E-state index contributed by atoms with van der Waals surface area (Å²) >= 11 is 12.9. The summed E-state index contributed by atoms with van der Waals surface area (Å²) in [6.07, 6.45) is 0.640. The van der Waals surface area contributed by atoms with Gasteiger partial charge < -0.3 is 9.84 Å². The van der Waals surface area contributed by atoms with E-state index in [2.05, 4.69) is 0 Å². The Hall–Kier alpha value is -2.82. The normalized spacial score (nSPS) is 15.2. The molecule has 0 bridgehead atoms. The fourth-order valence-corrected chi connectivity index (χ4v) is 4.56. The summed E-state index contributed by atoms with van der Waals surface area (Å²) in [7, 11) is 0. The summed E-state index contributed by atoms with van der Waals surface area (Å²) in [5.74, 6) is -0.302. The lowest BCUT2D eigenvalue weighted by Crippen LogP contribution is -2.15. The van der Waals surface area contributed by atoms with Gasteiger partial charge in [0.15, 0.2) is 5.78 Å². The van der Waals surface area contributed by atoms with Crippen molar-refractivity contribution in [2.75, 3.05) is 0 Å². The van der Waals surface area contributed by atoms with Crippen LogP contribution in [0.4, 0.5) is 0 Å². The molecule has 1 atom stereocenters. The second kappa shape index (κ2) is 8.97. The first kappa shape index (κ1) is 22.4. The Morgan fingerprint density at radius 1 is 1.06 bits per heavy atom. The molecule has 0 saturated heterocycles. The van der Waals surface area contributed by atoms with E-state index in [-0.39, 0.29) is 39.8 Å². The van der Waals surface area contributed by atoms with Crippen molar-refractivity contribution in [1.29, 1.82) is 0 Å². The number of ether oxygens (including phenoxy) is 1. The highest BCUT2D eigenvalue weighted by Crippen LogP contribution is 2.43. The van der Waals surface area contributed by atoms with E-state index in [1.807, 2.05) is 44.2 Å². The summed E-state index contributed by atoms with van der Waals surface area (Å²) in [4.78, 5) is 23.8. The number of rotatable bonds is 6. The van der Waals surface area contributed by atoms with Crippen LogP contribution in [-0.4, -0.2) is 16.9 Å². The van der Waals surface area contributed by atoms with Crippen LogP contribution in [0.1, 0.15) is 45.7 Å². The molecule has 4 rings (SSSR count). The van der Waals surface area contributed by atoms with Crippen LogP contribution >= 0.6 is 23.2 Å². The maximum absolute atomic E-state index is 12.7. The molecule has 0 saturated carbocycles. The molecule has 1 aliphatic rings. The van der Waals surface area contributed by atoms with Crippen molar-refractivity contribution in [2.45, 2.75) is 26.9 Å². The zero-order valence-corrected chi connectivity index (χ0v) is 19.2. The molecule has 6 heteroatoms. The van der Waals surface area contributed by atoms with Crippen molar-refractivity contribution in [3.05, 3.63) is 86.9 Å². The molecule has 3 aromatic rings. The first-order chi connectivity index (χ1) is 15.3. The minimum absolute atomic E-state index is 0.0510. The van der Waals surface area contributed by atoms with Crippen molar-refractivity contribution in [3.63, 3.8) is 0 Å². The highest BCUT2D eigenvalue weighted by molar-refractivity contribution is 6.45. The lowest BCUT2D eigenvalue weighted by atomic mass is 9.92. The zero-order chi connectivity index (χ0) is 23.0. The third-order valence-electron chi connectivity index (χ3n) is 5.87. The van der Waals surface area contributed by atoms with E-state index in [1.165, 1.54) is 0 Å². The maximum Gasteiger partial charge on any atom is 0.335 e. The first-order valence-electron chi connectivity index (χ1n) is 10.4. The lowest BCUT2D eigenvalue weighted by molar-refractivity contribution is 0.0696. The first-order valence-corrected chi connectivity index (χ1v) is 11.1. The van der Waals surface area contributed by atoms with Gasteiger partial charge in [-0.3, -0.25) is 4.79 Å². The number of fused-ring (bicyclic) bond motifs is 1. The van der Waals surface area contributed by atoms with Gasteiger partial charge in [-0.05, 0) is 58.9 Å². The highest BCUT2D eigenvalue weighted by Gasteiger charge is 2.36. The van der Waals surface area contributed by atoms with Gasteiger partial charge in [-0.15, -0.1) is 0 Å². The number of halogens is 2. The van der Waals surface area contributed by atoms with E-state index >= 15 is 0 Å².